The predicted octanol–water partition coefficient (Wildman–Crippen LogP) is 4.36. The number of aryl methyl sites for hydroxylation is 2. The lowest BCUT2D eigenvalue weighted by atomic mass is 10.1. The SMILES string of the molecule is Cc1ccc(CNC(=O)c2cc(Oc3ccnc(-c4cnn(C)c4)c3)ccc2O)cc1F. The number of benzene rings is 2. The number of hydrogen-bond donors (Lipinski definition) is 2. The first kappa shape index (κ1) is 21.0. The highest BCUT2D eigenvalue weighted by molar-refractivity contribution is 5.97. The van der Waals surface area contributed by atoms with Crippen molar-refractivity contribution in [1.82, 2.24) is 20.1 Å². The van der Waals surface area contributed by atoms with Crippen LogP contribution >= 0.6 is 0 Å². The molecule has 0 aliphatic carbocycles. The van der Waals surface area contributed by atoms with E-state index in [1.807, 2.05) is 13.2 Å². The summed E-state index contributed by atoms with van der Waals surface area (Å²) in [7, 11) is 1.82. The van der Waals surface area contributed by atoms with Gasteiger partial charge in [-0.05, 0) is 48.4 Å². The van der Waals surface area contributed by atoms with Crippen molar-refractivity contribution in [2.75, 3.05) is 0 Å². The van der Waals surface area contributed by atoms with Crippen LogP contribution in [0.3, 0.4) is 0 Å². The summed E-state index contributed by atoms with van der Waals surface area (Å²) in [6, 6.07) is 12.6. The molecule has 0 aliphatic heterocycles. The quantitative estimate of drug-likeness (QED) is 0.473. The lowest BCUT2D eigenvalue weighted by Gasteiger charge is -2.11. The molecule has 1 amide bonds. The van der Waals surface area contributed by atoms with Crippen LogP contribution in [0.2, 0.25) is 0 Å². The minimum absolute atomic E-state index is 0.0524. The third-order valence-electron chi connectivity index (χ3n) is 4.87. The van der Waals surface area contributed by atoms with Crippen LogP contribution in [0.1, 0.15) is 21.5 Å². The Balaban J connectivity index is 1.48. The normalized spacial score (nSPS) is 10.7. The standard InChI is InChI=1S/C24H21FN4O3/c1-15-3-4-16(9-21(15)25)12-27-24(31)20-10-18(5-6-23(20)30)32-19-7-8-26-22(11-19)17-13-28-29(2)14-17/h3-11,13-14,30H,12H2,1-2H3,(H,27,31). The average molecular weight is 432 g/mol. The van der Waals surface area contributed by atoms with Gasteiger partial charge in [0.1, 0.15) is 23.1 Å². The number of rotatable bonds is 6. The molecule has 4 aromatic rings. The molecule has 0 unspecified atom stereocenters. The Kier molecular flexibility index (Phi) is 5.85. The van der Waals surface area contributed by atoms with Gasteiger partial charge >= 0.3 is 0 Å². The number of nitrogens with zero attached hydrogens (tertiary/aromatic N) is 3. The molecule has 0 radical (unpaired) electrons. The molecular weight excluding hydrogens is 411 g/mol. The Bertz CT molecular complexity index is 1290. The predicted molar refractivity (Wildman–Crippen MR) is 117 cm³/mol. The van der Waals surface area contributed by atoms with E-state index in [4.69, 9.17) is 4.74 Å². The summed E-state index contributed by atoms with van der Waals surface area (Å²) in [6.45, 7) is 1.79. The molecular formula is C24H21FN4O3. The van der Waals surface area contributed by atoms with Gasteiger partial charge in [-0.3, -0.25) is 14.5 Å². The Morgan fingerprint density at radius 2 is 1.97 bits per heavy atom. The van der Waals surface area contributed by atoms with Gasteiger partial charge in [0.2, 0.25) is 0 Å². The highest BCUT2D eigenvalue weighted by atomic mass is 19.1. The van der Waals surface area contributed by atoms with Crippen LogP contribution in [-0.2, 0) is 13.6 Å². The summed E-state index contributed by atoms with van der Waals surface area (Å²) in [5.74, 6) is -0.128. The molecule has 2 N–H and O–H groups in total. The number of pyridine rings is 1. The molecule has 32 heavy (non-hydrogen) atoms. The summed E-state index contributed by atoms with van der Waals surface area (Å²) in [6.07, 6.45) is 5.16. The second-order valence-electron chi connectivity index (χ2n) is 7.33. The van der Waals surface area contributed by atoms with E-state index in [2.05, 4.69) is 15.4 Å². The molecule has 162 valence electrons. The van der Waals surface area contributed by atoms with Gasteiger partial charge in [-0.1, -0.05) is 12.1 Å². The topological polar surface area (TPSA) is 89.3 Å². The van der Waals surface area contributed by atoms with E-state index in [1.165, 1.54) is 18.2 Å². The number of carbonyl (C=O) groups excluding carboxylic acids is 1. The van der Waals surface area contributed by atoms with Gasteiger partial charge in [0.25, 0.3) is 5.91 Å². The number of ether oxygens (including phenoxy) is 1. The minimum Gasteiger partial charge on any atom is -0.507 e. The van der Waals surface area contributed by atoms with E-state index in [0.717, 1.165) is 5.56 Å². The fourth-order valence-electron chi connectivity index (χ4n) is 3.11. The third-order valence-corrected chi connectivity index (χ3v) is 4.87. The Hall–Kier alpha value is -4.20. The second kappa shape index (κ2) is 8.89. The Morgan fingerprint density at radius 1 is 1.16 bits per heavy atom. The van der Waals surface area contributed by atoms with Crippen molar-refractivity contribution in [2.24, 2.45) is 7.05 Å². The van der Waals surface area contributed by atoms with Crippen LogP contribution in [0.5, 0.6) is 17.2 Å². The summed E-state index contributed by atoms with van der Waals surface area (Å²) in [5.41, 5.74) is 2.74. The maximum Gasteiger partial charge on any atom is 0.255 e. The molecule has 8 heteroatoms. The maximum absolute atomic E-state index is 13.7. The fourth-order valence-corrected chi connectivity index (χ4v) is 3.11. The van der Waals surface area contributed by atoms with Gasteiger partial charge in [-0.2, -0.15) is 5.10 Å². The molecule has 2 aromatic carbocycles. The number of carbonyl (C=O) groups is 1. The fraction of sp³-hybridized carbons (Fsp3) is 0.125. The second-order valence-corrected chi connectivity index (χ2v) is 7.33. The van der Waals surface area contributed by atoms with Crippen molar-refractivity contribution in [1.29, 1.82) is 0 Å². The summed E-state index contributed by atoms with van der Waals surface area (Å²) < 4.78 is 21.3. The van der Waals surface area contributed by atoms with Crippen molar-refractivity contribution in [3.63, 3.8) is 0 Å². The van der Waals surface area contributed by atoms with Gasteiger partial charge in [0.15, 0.2) is 0 Å². The summed E-state index contributed by atoms with van der Waals surface area (Å²) in [4.78, 5) is 16.9. The van der Waals surface area contributed by atoms with Crippen molar-refractivity contribution in [3.05, 3.63) is 89.6 Å². The van der Waals surface area contributed by atoms with Crippen LogP contribution in [0.4, 0.5) is 4.39 Å². The van der Waals surface area contributed by atoms with Crippen LogP contribution in [-0.4, -0.2) is 25.8 Å². The number of halogens is 1. The van der Waals surface area contributed by atoms with Crippen LogP contribution in [0.25, 0.3) is 11.3 Å². The molecule has 2 heterocycles. The van der Waals surface area contributed by atoms with E-state index in [0.29, 0.717) is 28.3 Å². The molecule has 0 fully saturated rings. The number of phenolic OH excluding ortho intramolecular Hbond substituents is 1. The lowest BCUT2D eigenvalue weighted by Crippen LogP contribution is -2.23. The Labute approximate surface area is 184 Å². The van der Waals surface area contributed by atoms with E-state index < -0.39 is 5.91 Å². The molecule has 0 spiro atoms. The maximum atomic E-state index is 13.7. The van der Waals surface area contributed by atoms with E-state index in [1.54, 1.807) is 54.3 Å². The van der Waals surface area contributed by atoms with Gasteiger partial charge < -0.3 is 15.2 Å². The number of aromatic nitrogens is 3. The third kappa shape index (κ3) is 4.75. The molecule has 0 saturated carbocycles. The smallest absolute Gasteiger partial charge is 0.255 e. The zero-order valence-corrected chi connectivity index (χ0v) is 17.5. The minimum atomic E-state index is -0.500. The summed E-state index contributed by atoms with van der Waals surface area (Å²) >= 11 is 0. The molecule has 0 aliphatic rings. The van der Waals surface area contributed by atoms with Gasteiger partial charge in [-0.25, -0.2) is 4.39 Å². The molecule has 2 aromatic heterocycles. The van der Waals surface area contributed by atoms with Crippen molar-refractivity contribution in [2.45, 2.75) is 13.5 Å². The van der Waals surface area contributed by atoms with Gasteiger partial charge in [-0.15, -0.1) is 0 Å². The van der Waals surface area contributed by atoms with Crippen molar-refractivity contribution in [3.8, 4) is 28.5 Å². The van der Waals surface area contributed by atoms with E-state index in [-0.39, 0.29) is 23.7 Å². The Morgan fingerprint density at radius 3 is 2.72 bits per heavy atom. The largest absolute Gasteiger partial charge is 0.507 e. The molecule has 7 nitrogen and oxygen atoms in total. The number of aromatic hydroxyl groups is 1. The molecule has 0 saturated heterocycles. The number of phenols is 1. The highest BCUT2D eigenvalue weighted by Gasteiger charge is 2.14. The highest BCUT2D eigenvalue weighted by Crippen LogP contribution is 2.29. The monoisotopic (exact) mass is 432 g/mol. The van der Waals surface area contributed by atoms with Gasteiger partial charge in [0.05, 0.1) is 17.5 Å². The number of amides is 1. The zero-order chi connectivity index (χ0) is 22.7. The van der Waals surface area contributed by atoms with Crippen LogP contribution < -0.4 is 10.1 Å². The van der Waals surface area contributed by atoms with E-state index in [9.17, 15) is 14.3 Å². The van der Waals surface area contributed by atoms with Crippen molar-refractivity contribution >= 4 is 5.91 Å². The first-order valence-electron chi connectivity index (χ1n) is 9.88. The lowest BCUT2D eigenvalue weighted by molar-refractivity contribution is 0.0948. The molecule has 0 bridgehead atoms. The zero-order valence-electron chi connectivity index (χ0n) is 17.5. The molecule has 4 rings (SSSR count). The first-order chi connectivity index (χ1) is 15.4. The van der Waals surface area contributed by atoms with E-state index >= 15 is 0 Å². The molecule has 0 atom stereocenters. The van der Waals surface area contributed by atoms with Gasteiger partial charge in [0, 0.05) is 37.6 Å². The summed E-state index contributed by atoms with van der Waals surface area (Å²) in [5, 5.41) is 17.0. The number of nitrogens with one attached hydrogen (secondary N) is 1. The first-order valence-corrected chi connectivity index (χ1v) is 9.88. The average Bonchev–Trinajstić information content (AvgIpc) is 3.22. The van der Waals surface area contributed by atoms with Crippen LogP contribution in [0.15, 0.2) is 67.1 Å². The van der Waals surface area contributed by atoms with Crippen molar-refractivity contribution < 1.29 is 19.0 Å². The number of hydrogen-bond acceptors (Lipinski definition) is 5. The van der Waals surface area contributed by atoms with Crippen LogP contribution in [0, 0.1) is 12.7 Å².